The van der Waals surface area contributed by atoms with Gasteiger partial charge in [0, 0.05) is 23.6 Å². The van der Waals surface area contributed by atoms with Crippen molar-refractivity contribution in [2.75, 3.05) is 5.32 Å². The molecule has 6 heteroatoms. The summed E-state index contributed by atoms with van der Waals surface area (Å²) < 4.78 is 36.8. The maximum absolute atomic E-state index is 12.3. The summed E-state index contributed by atoms with van der Waals surface area (Å²) in [6.45, 7) is 0. The van der Waals surface area contributed by atoms with Crippen molar-refractivity contribution in [3.05, 3.63) is 54.4 Å². The van der Waals surface area contributed by atoms with Crippen LogP contribution in [0.5, 0.6) is 0 Å². The minimum atomic E-state index is -4.21. The number of aromatic nitrogens is 2. The van der Waals surface area contributed by atoms with Gasteiger partial charge in [-0.05, 0) is 35.2 Å². The average molecular weight is 291 g/mol. The van der Waals surface area contributed by atoms with E-state index in [0.717, 1.165) is 16.6 Å². The van der Waals surface area contributed by atoms with E-state index in [-0.39, 0.29) is 5.56 Å². The van der Waals surface area contributed by atoms with Gasteiger partial charge in [0.15, 0.2) is 0 Å². The van der Waals surface area contributed by atoms with Crippen molar-refractivity contribution in [3.8, 4) is 0 Å². The maximum atomic E-state index is 12.3. The third-order valence-corrected chi connectivity index (χ3v) is 3.06. The van der Waals surface area contributed by atoms with E-state index in [9.17, 15) is 13.2 Å². The third-order valence-electron chi connectivity index (χ3n) is 3.06. The second-order valence-corrected chi connectivity index (χ2v) is 4.75. The van der Waals surface area contributed by atoms with Crippen LogP contribution < -0.4 is 5.32 Å². The van der Waals surface area contributed by atoms with Crippen LogP contribution in [0, 0.1) is 0 Å². The number of nitrogens with zero attached hydrogens (tertiary/aromatic N) is 1. The number of anilines is 2. The Bertz CT molecular complexity index is 745. The Hall–Kier alpha value is -2.50. The van der Waals surface area contributed by atoms with Crippen LogP contribution in [0.4, 0.5) is 24.7 Å². The molecule has 0 spiro atoms. The number of halogens is 3. The molecule has 21 heavy (non-hydrogen) atoms. The summed E-state index contributed by atoms with van der Waals surface area (Å²) in [5.74, 6) is 0.506. The fourth-order valence-corrected chi connectivity index (χ4v) is 2.11. The first-order chi connectivity index (χ1) is 9.99. The van der Waals surface area contributed by atoms with E-state index in [1.54, 1.807) is 6.07 Å². The Kier molecular flexibility index (Phi) is 3.29. The number of benzene rings is 1. The lowest BCUT2D eigenvalue weighted by Crippen LogP contribution is -2.11. The molecule has 0 radical (unpaired) electrons. The first-order valence-electron chi connectivity index (χ1n) is 6.35. The van der Waals surface area contributed by atoms with Crippen molar-refractivity contribution >= 4 is 22.4 Å². The van der Waals surface area contributed by atoms with Crippen LogP contribution >= 0.6 is 0 Å². The molecule has 3 aromatic rings. The normalized spacial score (nSPS) is 11.8. The summed E-state index contributed by atoms with van der Waals surface area (Å²) in [6, 6.07) is 10.7. The smallest absolute Gasteiger partial charge is 0.361 e. The zero-order chi connectivity index (χ0) is 14.9. The topological polar surface area (TPSA) is 40.7 Å². The van der Waals surface area contributed by atoms with Gasteiger partial charge in [0.2, 0.25) is 0 Å². The molecule has 108 valence electrons. The summed E-state index contributed by atoms with van der Waals surface area (Å²) in [7, 11) is 0. The largest absolute Gasteiger partial charge is 0.393 e. The Balaban J connectivity index is 1.75. The molecule has 1 aromatic carbocycles. The summed E-state index contributed by atoms with van der Waals surface area (Å²) in [5, 5.41) is 4.16. The lowest BCUT2D eigenvalue weighted by Gasteiger charge is -2.08. The highest BCUT2D eigenvalue weighted by Gasteiger charge is 2.27. The monoisotopic (exact) mass is 291 g/mol. The predicted octanol–water partition coefficient (Wildman–Crippen LogP) is 4.41. The zero-order valence-corrected chi connectivity index (χ0v) is 10.9. The number of rotatable bonds is 3. The van der Waals surface area contributed by atoms with Crippen molar-refractivity contribution < 1.29 is 13.2 Å². The molecule has 0 fully saturated rings. The Labute approximate surface area is 118 Å². The van der Waals surface area contributed by atoms with Crippen LogP contribution in [0.15, 0.2) is 48.8 Å². The van der Waals surface area contributed by atoms with E-state index in [4.69, 9.17) is 0 Å². The van der Waals surface area contributed by atoms with Crippen molar-refractivity contribution in [1.82, 2.24) is 9.97 Å². The fourth-order valence-electron chi connectivity index (χ4n) is 2.11. The molecule has 0 amide bonds. The highest BCUT2D eigenvalue weighted by molar-refractivity contribution is 5.83. The lowest BCUT2D eigenvalue weighted by molar-refractivity contribution is -0.127. The first kappa shape index (κ1) is 13.5. The van der Waals surface area contributed by atoms with Gasteiger partial charge in [-0.15, -0.1) is 0 Å². The molecule has 3 rings (SSSR count). The molecular weight excluding hydrogens is 279 g/mol. The van der Waals surface area contributed by atoms with Crippen LogP contribution in [-0.4, -0.2) is 16.1 Å². The molecule has 2 aromatic heterocycles. The van der Waals surface area contributed by atoms with Crippen molar-refractivity contribution in [3.63, 3.8) is 0 Å². The van der Waals surface area contributed by atoms with Crippen LogP contribution in [0.1, 0.15) is 5.56 Å². The van der Waals surface area contributed by atoms with Crippen LogP contribution in [0.2, 0.25) is 0 Å². The zero-order valence-electron chi connectivity index (χ0n) is 10.9. The standard InChI is InChI=1S/C15H12F3N3/c16-15(17,18)8-10-1-4-14(20-9-10)21-12-3-2-11-5-6-19-13(11)7-12/h1-7,9,19H,8H2,(H,20,21). The van der Waals surface area contributed by atoms with Gasteiger partial charge in [-0.3, -0.25) is 0 Å². The van der Waals surface area contributed by atoms with Gasteiger partial charge < -0.3 is 10.3 Å². The maximum Gasteiger partial charge on any atom is 0.393 e. The van der Waals surface area contributed by atoms with E-state index >= 15 is 0 Å². The molecule has 0 aliphatic heterocycles. The number of pyridine rings is 1. The minimum absolute atomic E-state index is 0.146. The van der Waals surface area contributed by atoms with Gasteiger partial charge >= 0.3 is 6.18 Å². The van der Waals surface area contributed by atoms with Gasteiger partial charge in [0.05, 0.1) is 6.42 Å². The van der Waals surface area contributed by atoms with E-state index in [2.05, 4.69) is 15.3 Å². The van der Waals surface area contributed by atoms with Crippen LogP contribution in [0.25, 0.3) is 10.9 Å². The Morgan fingerprint density at radius 1 is 1.10 bits per heavy atom. The number of fused-ring (bicyclic) bond motifs is 1. The highest BCUT2D eigenvalue weighted by atomic mass is 19.4. The van der Waals surface area contributed by atoms with Crippen molar-refractivity contribution in [2.24, 2.45) is 0 Å². The Morgan fingerprint density at radius 2 is 1.95 bits per heavy atom. The van der Waals surface area contributed by atoms with Crippen LogP contribution in [-0.2, 0) is 6.42 Å². The SMILES string of the molecule is FC(F)(F)Cc1ccc(Nc2ccc3cc[nH]c3c2)nc1. The Morgan fingerprint density at radius 3 is 2.67 bits per heavy atom. The quantitative estimate of drug-likeness (QED) is 0.750. The van der Waals surface area contributed by atoms with Crippen molar-refractivity contribution in [1.29, 1.82) is 0 Å². The molecule has 0 unspecified atom stereocenters. The van der Waals surface area contributed by atoms with Gasteiger partial charge in [-0.2, -0.15) is 13.2 Å². The predicted molar refractivity (Wildman–Crippen MR) is 75.6 cm³/mol. The van der Waals surface area contributed by atoms with Gasteiger partial charge in [-0.1, -0.05) is 12.1 Å². The second kappa shape index (κ2) is 5.12. The summed E-state index contributed by atoms with van der Waals surface area (Å²) >= 11 is 0. The van der Waals surface area contributed by atoms with E-state index in [1.807, 2.05) is 30.5 Å². The lowest BCUT2D eigenvalue weighted by atomic mass is 10.2. The summed E-state index contributed by atoms with van der Waals surface area (Å²) in [4.78, 5) is 7.10. The fraction of sp³-hybridized carbons (Fsp3) is 0.133. The first-order valence-corrected chi connectivity index (χ1v) is 6.35. The highest BCUT2D eigenvalue weighted by Crippen LogP contribution is 2.23. The second-order valence-electron chi connectivity index (χ2n) is 4.75. The van der Waals surface area contributed by atoms with E-state index < -0.39 is 12.6 Å². The van der Waals surface area contributed by atoms with Gasteiger partial charge in [0.25, 0.3) is 0 Å². The van der Waals surface area contributed by atoms with Gasteiger partial charge in [-0.25, -0.2) is 4.98 Å². The average Bonchev–Trinajstić information content (AvgIpc) is 2.87. The number of alkyl halides is 3. The molecule has 0 aliphatic carbocycles. The number of hydrogen-bond donors (Lipinski definition) is 2. The van der Waals surface area contributed by atoms with E-state index in [0.29, 0.717) is 5.82 Å². The van der Waals surface area contributed by atoms with Gasteiger partial charge in [0.1, 0.15) is 5.82 Å². The third kappa shape index (κ3) is 3.34. The van der Waals surface area contributed by atoms with Crippen LogP contribution in [0.3, 0.4) is 0 Å². The molecule has 0 aliphatic rings. The number of aromatic amines is 1. The number of hydrogen-bond acceptors (Lipinski definition) is 2. The van der Waals surface area contributed by atoms with E-state index in [1.165, 1.54) is 12.3 Å². The number of nitrogens with one attached hydrogen (secondary N) is 2. The molecule has 0 bridgehead atoms. The molecule has 0 saturated carbocycles. The van der Waals surface area contributed by atoms with Crippen molar-refractivity contribution in [2.45, 2.75) is 12.6 Å². The summed E-state index contributed by atoms with van der Waals surface area (Å²) in [6.07, 6.45) is -2.09. The molecule has 2 N–H and O–H groups in total. The summed E-state index contributed by atoms with van der Waals surface area (Å²) in [5.41, 5.74) is 1.95. The molecular formula is C15H12F3N3. The molecule has 3 nitrogen and oxygen atoms in total. The minimum Gasteiger partial charge on any atom is -0.361 e. The molecule has 0 atom stereocenters. The molecule has 0 saturated heterocycles. The molecule has 2 heterocycles. The number of H-pyrrole nitrogens is 1.